The van der Waals surface area contributed by atoms with E-state index in [1.807, 2.05) is 13.8 Å². The van der Waals surface area contributed by atoms with Gasteiger partial charge in [0.2, 0.25) is 0 Å². The van der Waals surface area contributed by atoms with Crippen LogP contribution in [0.4, 0.5) is 11.5 Å². The fraction of sp³-hybridized carbons (Fsp3) is 0.611. The summed E-state index contributed by atoms with van der Waals surface area (Å²) in [4.78, 5) is 18.5. The van der Waals surface area contributed by atoms with E-state index < -0.39 is 5.97 Å². The maximum Gasteiger partial charge on any atom is 0.357 e. The summed E-state index contributed by atoms with van der Waals surface area (Å²) in [6.45, 7) is 7.48. The molecule has 1 fully saturated rings. The first-order valence-corrected chi connectivity index (χ1v) is 8.73. The zero-order valence-corrected chi connectivity index (χ0v) is 15.5. The summed E-state index contributed by atoms with van der Waals surface area (Å²) in [5, 5.41) is 8.43. The molecule has 0 saturated carbocycles. The predicted molar refractivity (Wildman–Crippen MR) is 98.5 cm³/mol. The Bertz CT molecular complexity index is 637. The summed E-state index contributed by atoms with van der Waals surface area (Å²) < 4.78 is 10.5. The third kappa shape index (κ3) is 4.28. The number of carbonyl (C=O) groups is 1. The molecule has 0 unspecified atom stereocenters. The lowest BCUT2D eigenvalue weighted by molar-refractivity contribution is 0.0519. The number of carbonyl (C=O) groups excluding carboxylic acids is 1. The lowest BCUT2D eigenvalue weighted by atomic mass is 9.96. The van der Waals surface area contributed by atoms with E-state index in [1.165, 1.54) is 0 Å². The van der Waals surface area contributed by atoms with E-state index in [2.05, 4.69) is 9.88 Å². The van der Waals surface area contributed by atoms with Crippen molar-refractivity contribution in [2.24, 2.45) is 5.92 Å². The number of hydrogen-bond donors (Lipinski definition) is 2. The Labute approximate surface area is 149 Å². The highest BCUT2D eigenvalue weighted by Crippen LogP contribution is 2.31. The molecule has 2 heterocycles. The SMILES string of the molecule is CCOC(=O)c1cc(N2CCC(OC)CC2)c(C(=N)C(C)C)c(N)n1. The van der Waals surface area contributed by atoms with Gasteiger partial charge in [0.15, 0.2) is 5.69 Å². The van der Waals surface area contributed by atoms with Crippen LogP contribution in [-0.4, -0.2) is 49.6 Å². The van der Waals surface area contributed by atoms with E-state index in [0.717, 1.165) is 31.6 Å². The number of hydrogen-bond acceptors (Lipinski definition) is 7. The van der Waals surface area contributed by atoms with E-state index in [0.29, 0.717) is 11.3 Å². The van der Waals surface area contributed by atoms with Crippen LogP contribution < -0.4 is 10.6 Å². The van der Waals surface area contributed by atoms with Crippen molar-refractivity contribution < 1.29 is 14.3 Å². The van der Waals surface area contributed by atoms with Crippen LogP contribution in [0.15, 0.2) is 6.07 Å². The highest BCUT2D eigenvalue weighted by molar-refractivity contribution is 6.09. The number of esters is 1. The molecule has 25 heavy (non-hydrogen) atoms. The second-order valence-corrected chi connectivity index (χ2v) is 6.50. The number of aromatic nitrogens is 1. The van der Waals surface area contributed by atoms with Crippen LogP contribution in [0.25, 0.3) is 0 Å². The molecule has 1 aromatic rings. The van der Waals surface area contributed by atoms with Gasteiger partial charge in [-0.1, -0.05) is 13.8 Å². The largest absolute Gasteiger partial charge is 0.461 e. The highest BCUT2D eigenvalue weighted by atomic mass is 16.5. The molecule has 1 saturated heterocycles. The number of nitrogens with two attached hydrogens (primary N) is 1. The Hall–Kier alpha value is -2.15. The Morgan fingerprint density at radius 3 is 2.60 bits per heavy atom. The molecule has 0 aliphatic carbocycles. The molecule has 0 aromatic carbocycles. The van der Waals surface area contributed by atoms with Crippen LogP contribution in [0.2, 0.25) is 0 Å². The maximum atomic E-state index is 12.1. The minimum absolute atomic E-state index is 0.00723. The normalized spacial score (nSPS) is 15.5. The molecule has 3 N–H and O–H groups in total. The molecule has 0 atom stereocenters. The molecule has 1 aromatic heterocycles. The number of piperidine rings is 1. The first-order chi connectivity index (χ1) is 11.9. The van der Waals surface area contributed by atoms with Gasteiger partial charge in [0.1, 0.15) is 5.82 Å². The topological polar surface area (TPSA) is 102 Å². The van der Waals surface area contributed by atoms with Gasteiger partial charge in [0, 0.05) is 25.9 Å². The number of pyridine rings is 1. The minimum atomic E-state index is -0.496. The van der Waals surface area contributed by atoms with Crippen molar-refractivity contribution in [2.75, 3.05) is 37.4 Å². The molecule has 0 amide bonds. The Morgan fingerprint density at radius 2 is 2.08 bits per heavy atom. The second-order valence-electron chi connectivity index (χ2n) is 6.50. The van der Waals surface area contributed by atoms with Gasteiger partial charge in [0.05, 0.1) is 24.0 Å². The molecule has 0 spiro atoms. The molecule has 0 radical (unpaired) electrons. The van der Waals surface area contributed by atoms with Crippen molar-refractivity contribution in [1.82, 2.24) is 4.98 Å². The highest BCUT2D eigenvalue weighted by Gasteiger charge is 2.26. The quantitative estimate of drug-likeness (QED) is 0.605. The van der Waals surface area contributed by atoms with Crippen molar-refractivity contribution in [3.05, 3.63) is 17.3 Å². The van der Waals surface area contributed by atoms with Crippen LogP contribution in [0.1, 0.15) is 49.7 Å². The standard InChI is InChI=1S/C18H28N4O3/c1-5-25-18(23)13-10-14(22-8-6-12(24-4)7-9-22)15(17(20)21-13)16(19)11(2)3/h10-12,19H,5-9H2,1-4H3,(H2,20,21). The number of methoxy groups -OCH3 is 1. The van der Waals surface area contributed by atoms with Crippen LogP contribution >= 0.6 is 0 Å². The molecular formula is C18H28N4O3. The summed E-state index contributed by atoms with van der Waals surface area (Å²) >= 11 is 0. The van der Waals surface area contributed by atoms with E-state index in [4.69, 9.17) is 20.6 Å². The van der Waals surface area contributed by atoms with Crippen molar-refractivity contribution in [3.63, 3.8) is 0 Å². The van der Waals surface area contributed by atoms with Crippen LogP contribution in [-0.2, 0) is 9.47 Å². The monoisotopic (exact) mass is 348 g/mol. The van der Waals surface area contributed by atoms with E-state index in [-0.39, 0.29) is 30.1 Å². The molecule has 7 heteroatoms. The van der Waals surface area contributed by atoms with Gasteiger partial charge in [-0.25, -0.2) is 9.78 Å². The van der Waals surface area contributed by atoms with Crippen molar-refractivity contribution in [1.29, 1.82) is 5.41 Å². The Morgan fingerprint density at radius 1 is 1.44 bits per heavy atom. The van der Waals surface area contributed by atoms with Crippen LogP contribution in [0.3, 0.4) is 0 Å². The average Bonchev–Trinajstić information content (AvgIpc) is 2.60. The van der Waals surface area contributed by atoms with Gasteiger partial charge in [-0.05, 0) is 31.7 Å². The van der Waals surface area contributed by atoms with Gasteiger partial charge < -0.3 is 25.5 Å². The number of nitrogens with one attached hydrogen (secondary N) is 1. The summed E-state index contributed by atoms with van der Waals surface area (Å²) in [5.41, 5.74) is 8.14. The van der Waals surface area contributed by atoms with Crippen molar-refractivity contribution >= 4 is 23.2 Å². The summed E-state index contributed by atoms with van der Waals surface area (Å²) in [5.74, 6) is -0.286. The number of nitrogen functional groups attached to an aromatic ring is 1. The van der Waals surface area contributed by atoms with E-state index in [9.17, 15) is 4.79 Å². The lowest BCUT2D eigenvalue weighted by Crippen LogP contribution is -2.38. The van der Waals surface area contributed by atoms with Gasteiger partial charge in [-0.3, -0.25) is 0 Å². The summed E-state index contributed by atoms with van der Waals surface area (Å²) in [7, 11) is 1.73. The summed E-state index contributed by atoms with van der Waals surface area (Å²) in [6.07, 6.45) is 2.03. The fourth-order valence-electron chi connectivity index (χ4n) is 3.01. The number of ether oxygens (including phenoxy) is 2. The molecule has 1 aliphatic rings. The van der Waals surface area contributed by atoms with Gasteiger partial charge >= 0.3 is 5.97 Å². The van der Waals surface area contributed by atoms with Gasteiger partial charge in [-0.2, -0.15) is 0 Å². The molecule has 1 aliphatic heterocycles. The fourth-order valence-corrected chi connectivity index (χ4v) is 3.01. The van der Waals surface area contributed by atoms with E-state index >= 15 is 0 Å². The predicted octanol–water partition coefficient (Wildman–Crippen LogP) is 2.48. The Kier molecular flexibility index (Phi) is 6.36. The second kappa shape index (κ2) is 8.29. The average molecular weight is 348 g/mol. The zero-order chi connectivity index (χ0) is 18.6. The Balaban J connectivity index is 2.45. The van der Waals surface area contributed by atoms with Crippen LogP contribution in [0.5, 0.6) is 0 Å². The summed E-state index contributed by atoms with van der Waals surface area (Å²) in [6, 6.07) is 1.70. The minimum Gasteiger partial charge on any atom is -0.461 e. The van der Waals surface area contributed by atoms with Gasteiger partial charge in [0.25, 0.3) is 0 Å². The first kappa shape index (κ1) is 19.2. The third-order valence-electron chi connectivity index (χ3n) is 4.47. The number of anilines is 2. The lowest BCUT2D eigenvalue weighted by Gasteiger charge is -2.34. The van der Waals surface area contributed by atoms with Crippen molar-refractivity contribution in [3.8, 4) is 0 Å². The molecule has 0 bridgehead atoms. The molecule has 7 nitrogen and oxygen atoms in total. The number of rotatable bonds is 6. The number of nitrogens with zero attached hydrogens (tertiary/aromatic N) is 2. The first-order valence-electron chi connectivity index (χ1n) is 8.73. The van der Waals surface area contributed by atoms with Gasteiger partial charge in [-0.15, -0.1) is 0 Å². The molecule has 138 valence electrons. The van der Waals surface area contributed by atoms with E-state index in [1.54, 1.807) is 20.1 Å². The zero-order valence-electron chi connectivity index (χ0n) is 15.5. The van der Waals surface area contributed by atoms with Crippen LogP contribution in [0, 0.1) is 11.3 Å². The molecule has 2 rings (SSSR count). The smallest absolute Gasteiger partial charge is 0.357 e. The third-order valence-corrected chi connectivity index (χ3v) is 4.47. The molecular weight excluding hydrogens is 320 g/mol. The van der Waals surface area contributed by atoms with Crippen molar-refractivity contribution in [2.45, 2.75) is 39.7 Å². The maximum absolute atomic E-state index is 12.1.